The molecule has 1 heterocycles. The fraction of sp³-hybridized carbons (Fsp3) is 0.444. The maximum atomic E-state index is 12.7. The summed E-state index contributed by atoms with van der Waals surface area (Å²) in [6.07, 6.45) is -4.01. The van der Waals surface area contributed by atoms with Gasteiger partial charge in [0, 0.05) is 11.9 Å². The first-order chi connectivity index (χ1) is 7.75. The van der Waals surface area contributed by atoms with Crippen LogP contribution < -0.4 is 0 Å². The van der Waals surface area contributed by atoms with E-state index in [0.717, 1.165) is 18.4 Å². The molecule has 0 aliphatic heterocycles. The van der Waals surface area contributed by atoms with Gasteiger partial charge in [-0.2, -0.15) is 8.78 Å². The number of halogens is 5. The van der Waals surface area contributed by atoms with E-state index in [9.17, 15) is 22.4 Å². The summed E-state index contributed by atoms with van der Waals surface area (Å²) in [5, 5.41) is 0. The number of hydrogen-bond acceptors (Lipinski definition) is 2. The molecule has 0 atom stereocenters. The van der Waals surface area contributed by atoms with Crippen LogP contribution in [0.15, 0.2) is 12.1 Å². The highest BCUT2D eigenvalue weighted by atomic mass is 35.5. The predicted molar refractivity (Wildman–Crippen MR) is 56.8 cm³/mol. The Balaban J connectivity index is 2.71. The molecule has 0 aliphatic rings. The van der Waals surface area contributed by atoms with E-state index in [4.69, 9.17) is 11.6 Å². The average molecular weight is 290 g/mol. The van der Waals surface area contributed by atoms with Crippen LogP contribution in [0, 0.1) is 0 Å². The molecular formula is C9H8ClF4NOS. The van der Waals surface area contributed by atoms with Crippen LogP contribution in [0.25, 0.3) is 0 Å². The molecule has 0 aromatic carbocycles. The van der Waals surface area contributed by atoms with Gasteiger partial charge >= 0.3 is 12.3 Å². The monoisotopic (exact) mass is 289 g/mol. The number of nitrogens with zero attached hydrogens (tertiary/aromatic N) is 1. The Morgan fingerprint density at radius 1 is 1.53 bits per heavy atom. The summed E-state index contributed by atoms with van der Waals surface area (Å²) in [6, 6.07) is 3.07. The Hall–Kier alpha value is -0.820. The molecule has 0 N–H and O–H groups in total. The molecule has 0 saturated heterocycles. The second kappa shape index (κ2) is 5.22. The maximum absolute atomic E-state index is 12.7. The molecule has 0 spiro atoms. The summed E-state index contributed by atoms with van der Waals surface area (Å²) in [6.45, 7) is -0.182. The number of thiophene rings is 1. The third-order valence-electron chi connectivity index (χ3n) is 1.93. The van der Waals surface area contributed by atoms with Gasteiger partial charge in [-0.05, 0) is 12.1 Å². The van der Waals surface area contributed by atoms with Gasteiger partial charge in [-0.1, -0.05) is 11.6 Å². The topological polar surface area (TPSA) is 20.3 Å². The molecule has 0 bridgehead atoms. The molecule has 0 radical (unpaired) electrons. The third-order valence-corrected chi connectivity index (χ3v) is 3.14. The summed E-state index contributed by atoms with van der Waals surface area (Å²) in [5.41, 5.74) is 0. The van der Waals surface area contributed by atoms with Gasteiger partial charge in [0.15, 0.2) is 0 Å². The van der Waals surface area contributed by atoms with E-state index in [0.29, 0.717) is 14.1 Å². The lowest BCUT2D eigenvalue weighted by Gasteiger charge is -2.22. The second-order valence-electron chi connectivity index (χ2n) is 3.29. The minimum Gasteiger partial charge on any atom is -0.335 e. The first-order valence-electron chi connectivity index (χ1n) is 4.41. The third kappa shape index (κ3) is 3.32. The van der Waals surface area contributed by atoms with Gasteiger partial charge < -0.3 is 4.90 Å². The van der Waals surface area contributed by atoms with E-state index in [2.05, 4.69) is 0 Å². The first kappa shape index (κ1) is 14.2. The van der Waals surface area contributed by atoms with E-state index in [1.54, 1.807) is 0 Å². The normalized spacial score (nSPS) is 11.9. The molecule has 96 valence electrons. The van der Waals surface area contributed by atoms with E-state index in [1.807, 2.05) is 0 Å². The average Bonchev–Trinajstić information content (AvgIpc) is 2.62. The molecule has 1 aromatic heterocycles. The van der Waals surface area contributed by atoms with Gasteiger partial charge in [0.2, 0.25) is 0 Å². The smallest absolute Gasteiger partial charge is 0.335 e. The number of rotatable bonds is 4. The fourth-order valence-corrected chi connectivity index (χ4v) is 2.23. The largest absolute Gasteiger partial charge is 0.383 e. The van der Waals surface area contributed by atoms with Crippen molar-refractivity contribution in [1.82, 2.24) is 4.90 Å². The van der Waals surface area contributed by atoms with Gasteiger partial charge in [-0.15, -0.1) is 11.3 Å². The molecule has 2 nitrogen and oxygen atoms in total. The van der Waals surface area contributed by atoms with Crippen molar-refractivity contribution < 1.29 is 22.4 Å². The van der Waals surface area contributed by atoms with Crippen molar-refractivity contribution in [3.63, 3.8) is 0 Å². The van der Waals surface area contributed by atoms with Crippen LogP contribution in [0.4, 0.5) is 17.6 Å². The van der Waals surface area contributed by atoms with E-state index in [1.165, 1.54) is 12.1 Å². The van der Waals surface area contributed by atoms with E-state index in [-0.39, 0.29) is 6.54 Å². The molecule has 0 unspecified atom stereocenters. The van der Waals surface area contributed by atoms with Crippen LogP contribution in [0.1, 0.15) is 4.88 Å². The molecule has 1 amide bonds. The molecule has 0 aliphatic carbocycles. The van der Waals surface area contributed by atoms with Crippen molar-refractivity contribution in [3.05, 3.63) is 21.3 Å². The molecule has 0 fully saturated rings. The Morgan fingerprint density at radius 3 is 2.53 bits per heavy atom. The molecule has 1 rings (SSSR count). The maximum Gasteiger partial charge on any atom is 0.383 e. The lowest BCUT2D eigenvalue weighted by Crippen LogP contribution is -2.45. The highest BCUT2D eigenvalue weighted by molar-refractivity contribution is 7.16. The van der Waals surface area contributed by atoms with Crippen molar-refractivity contribution in [2.45, 2.75) is 18.9 Å². The Kier molecular flexibility index (Phi) is 4.37. The molecule has 1 aromatic rings. The van der Waals surface area contributed by atoms with Crippen LogP contribution in [-0.2, 0) is 11.3 Å². The second-order valence-corrected chi connectivity index (χ2v) is 5.09. The zero-order valence-electron chi connectivity index (χ0n) is 8.59. The van der Waals surface area contributed by atoms with Crippen LogP contribution in [-0.4, -0.2) is 30.2 Å². The van der Waals surface area contributed by atoms with Crippen molar-refractivity contribution in [3.8, 4) is 0 Å². The van der Waals surface area contributed by atoms with Crippen LogP contribution in [0.3, 0.4) is 0 Å². The minimum absolute atomic E-state index is 0.182. The van der Waals surface area contributed by atoms with E-state index < -0.39 is 18.3 Å². The highest BCUT2D eigenvalue weighted by Crippen LogP contribution is 2.27. The summed E-state index contributed by atoms with van der Waals surface area (Å²) in [4.78, 5) is 12.2. The number of carbonyl (C=O) groups excluding carboxylic acids is 1. The Morgan fingerprint density at radius 2 is 2.12 bits per heavy atom. The number of amides is 1. The summed E-state index contributed by atoms with van der Waals surface area (Å²) in [7, 11) is 1.03. The van der Waals surface area contributed by atoms with Crippen molar-refractivity contribution >= 4 is 28.8 Å². The highest BCUT2D eigenvalue weighted by Gasteiger charge is 2.50. The minimum atomic E-state index is -4.66. The van der Waals surface area contributed by atoms with Crippen LogP contribution in [0.5, 0.6) is 0 Å². The predicted octanol–water partition coefficient (Wildman–Crippen LogP) is 3.26. The summed E-state index contributed by atoms with van der Waals surface area (Å²) in [5.74, 6) is -6.56. The molecule has 0 saturated carbocycles. The SMILES string of the molecule is CN(Cc1ccc(Cl)s1)C(=O)C(F)(F)C(F)F. The summed E-state index contributed by atoms with van der Waals surface area (Å²) < 4.78 is 49.8. The van der Waals surface area contributed by atoms with Crippen LogP contribution >= 0.6 is 22.9 Å². The van der Waals surface area contributed by atoms with Crippen molar-refractivity contribution in [1.29, 1.82) is 0 Å². The van der Waals surface area contributed by atoms with E-state index >= 15 is 0 Å². The molecule has 8 heteroatoms. The zero-order valence-corrected chi connectivity index (χ0v) is 10.2. The number of hydrogen-bond donors (Lipinski definition) is 0. The Labute approximate surface area is 104 Å². The molecular weight excluding hydrogens is 282 g/mol. The quantitative estimate of drug-likeness (QED) is 0.779. The van der Waals surface area contributed by atoms with Gasteiger partial charge in [0.05, 0.1) is 10.9 Å². The van der Waals surface area contributed by atoms with Gasteiger partial charge in [-0.25, -0.2) is 8.78 Å². The standard InChI is InChI=1S/C9H8ClF4NOS/c1-15(4-5-2-3-6(10)17-5)8(16)9(13,14)7(11)12/h2-3,7H,4H2,1H3. The van der Waals surface area contributed by atoms with Crippen molar-refractivity contribution in [2.24, 2.45) is 0 Å². The van der Waals surface area contributed by atoms with Gasteiger partial charge in [-0.3, -0.25) is 4.79 Å². The van der Waals surface area contributed by atoms with Gasteiger partial charge in [0.1, 0.15) is 0 Å². The fourth-order valence-electron chi connectivity index (χ4n) is 1.09. The summed E-state index contributed by atoms with van der Waals surface area (Å²) >= 11 is 6.70. The first-order valence-corrected chi connectivity index (χ1v) is 5.60. The zero-order chi connectivity index (χ0) is 13.2. The van der Waals surface area contributed by atoms with Crippen molar-refractivity contribution in [2.75, 3.05) is 7.05 Å². The number of alkyl halides is 4. The van der Waals surface area contributed by atoms with Gasteiger partial charge in [0.25, 0.3) is 5.91 Å². The molecule has 17 heavy (non-hydrogen) atoms. The Bertz CT molecular complexity index is 409. The number of carbonyl (C=O) groups is 1. The lowest BCUT2D eigenvalue weighted by molar-refractivity contribution is -0.179. The van der Waals surface area contributed by atoms with Crippen LogP contribution in [0.2, 0.25) is 4.34 Å². The lowest BCUT2D eigenvalue weighted by atomic mass is 10.3.